The summed E-state index contributed by atoms with van der Waals surface area (Å²) in [6.45, 7) is 1.31. The molecule has 130 valence electrons. The highest BCUT2D eigenvalue weighted by molar-refractivity contribution is 5.67. The zero-order chi connectivity index (χ0) is 18.3. The van der Waals surface area contributed by atoms with E-state index in [-0.39, 0.29) is 18.5 Å². The third-order valence-corrected chi connectivity index (χ3v) is 3.08. The Morgan fingerprint density at radius 2 is 1.92 bits per heavy atom. The lowest BCUT2D eigenvalue weighted by molar-refractivity contribution is -0.534. The highest BCUT2D eigenvalue weighted by Gasteiger charge is 2.25. The average Bonchev–Trinajstić information content (AvgIpc) is 2.49. The van der Waals surface area contributed by atoms with Crippen LogP contribution in [0.3, 0.4) is 0 Å². The summed E-state index contributed by atoms with van der Waals surface area (Å²) in [5.74, 6) is 0. The number of aliphatic hydroxyl groups is 1. The van der Waals surface area contributed by atoms with Gasteiger partial charge in [-0.25, -0.2) is 0 Å². The van der Waals surface area contributed by atoms with E-state index < -0.39 is 38.3 Å². The minimum absolute atomic E-state index is 0.0399. The van der Waals surface area contributed by atoms with E-state index in [1.54, 1.807) is 0 Å². The summed E-state index contributed by atoms with van der Waals surface area (Å²) < 4.78 is 0. The topological polar surface area (TPSA) is 174 Å². The van der Waals surface area contributed by atoms with Gasteiger partial charge in [0.05, 0.1) is 15.9 Å². The Morgan fingerprint density at radius 1 is 1.25 bits per heavy atom. The van der Waals surface area contributed by atoms with Gasteiger partial charge in [-0.3, -0.25) is 35.8 Å². The molecule has 0 amide bonds. The van der Waals surface area contributed by atoms with Crippen LogP contribution < -0.4 is 5.43 Å². The van der Waals surface area contributed by atoms with Crippen LogP contribution in [0.25, 0.3) is 0 Å². The van der Waals surface area contributed by atoms with Gasteiger partial charge in [-0.2, -0.15) is 5.10 Å². The monoisotopic (exact) mass is 341 g/mol. The molecule has 2 unspecified atom stereocenters. The molecule has 12 nitrogen and oxygen atoms in total. The van der Waals surface area contributed by atoms with Crippen molar-refractivity contribution in [1.82, 2.24) is 0 Å². The number of nitro groups is 3. The SMILES string of the molecule is CC(O)C(CC/C=N/Nc1ccc([N+](=O)[O-])cc1[N+](=O)[O-])[N+](=O)[O-]. The number of hydrazone groups is 1. The van der Waals surface area contributed by atoms with Gasteiger partial charge < -0.3 is 5.11 Å². The third-order valence-electron chi connectivity index (χ3n) is 3.08. The van der Waals surface area contributed by atoms with Crippen LogP contribution in [-0.2, 0) is 0 Å². The number of hydrogen-bond donors (Lipinski definition) is 2. The highest BCUT2D eigenvalue weighted by atomic mass is 16.6. The van der Waals surface area contributed by atoms with Gasteiger partial charge in [0.15, 0.2) is 0 Å². The molecule has 1 aromatic carbocycles. The number of rotatable bonds is 9. The molecule has 2 atom stereocenters. The fraction of sp³-hybridized carbons (Fsp3) is 0.417. The molecular weight excluding hydrogens is 326 g/mol. The first-order valence-electron chi connectivity index (χ1n) is 6.76. The second-order valence-electron chi connectivity index (χ2n) is 4.81. The first-order valence-corrected chi connectivity index (χ1v) is 6.76. The fourth-order valence-electron chi connectivity index (χ4n) is 1.83. The summed E-state index contributed by atoms with van der Waals surface area (Å²) in [7, 11) is 0. The second-order valence-corrected chi connectivity index (χ2v) is 4.81. The van der Waals surface area contributed by atoms with Crippen molar-refractivity contribution < 1.29 is 19.9 Å². The van der Waals surface area contributed by atoms with Gasteiger partial charge in [-0.1, -0.05) is 0 Å². The molecule has 0 aliphatic heterocycles. The Kier molecular flexibility index (Phi) is 6.67. The molecular formula is C12H15N5O7. The molecule has 0 fully saturated rings. The van der Waals surface area contributed by atoms with Gasteiger partial charge in [0, 0.05) is 23.6 Å². The Hall–Kier alpha value is -3.15. The maximum atomic E-state index is 10.9. The zero-order valence-electron chi connectivity index (χ0n) is 12.6. The predicted octanol–water partition coefficient (Wildman–Crippen LogP) is 1.71. The lowest BCUT2D eigenvalue weighted by Crippen LogP contribution is -2.31. The average molecular weight is 341 g/mol. The first kappa shape index (κ1) is 18.9. The van der Waals surface area contributed by atoms with Crippen LogP contribution in [0, 0.1) is 30.3 Å². The van der Waals surface area contributed by atoms with E-state index in [0.29, 0.717) is 0 Å². The van der Waals surface area contributed by atoms with E-state index in [4.69, 9.17) is 0 Å². The van der Waals surface area contributed by atoms with E-state index in [0.717, 1.165) is 18.2 Å². The molecule has 0 aliphatic rings. The van der Waals surface area contributed by atoms with Gasteiger partial charge in [-0.05, 0) is 19.4 Å². The maximum Gasteiger partial charge on any atom is 0.301 e. The lowest BCUT2D eigenvalue weighted by atomic mass is 10.1. The Labute approximate surface area is 135 Å². The third kappa shape index (κ3) is 5.24. The predicted molar refractivity (Wildman–Crippen MR) is 83.6 cm³/mol. The Bertz CT molecular complexity index is 661. The molecule has 24 heavy (non-hydrogen) atoms. The zero-order valence-corrected chi connectivity index (χ0v) is 12.6. The number of nitrogens with zero attached hydrogens (tertiary/aromatic N) is 4. The quantitative estimate of drug-likeness (QED) is 0.387. The maximum absolute atomic E-state index is 10.9. The van der Waals surface area contributed by atoms with Crippen molar-refractivity contribution in [3.8, 4) is 0 Å². The number of benzene rings is 1. The molecule has 0 saturated heterocycles. The molecule has 0 aliphatic carbocycles. The number of aliphatic hydroxyl groups excluding tert-OH is 1. The molecule has 1 rings (SSSR count). The molecule has 12 heteroatoms. The van der Waals surface area contributed by atoms with Crippen molar-refractivity contribution in [2.45, 2.75) is 31.9 Å². The second kappa shape index (κ2) is 8.47. The van der Waals surface area contributed by atoms with Gasteiger partial charge in [0.2, 0.25) is 6.04 Å². The minimum atomic E-state index is -1.13. The van der Waals surface area contributed by atoms with Gasteiger partial charge in [0.1, 0.15) is 11.8 Å². The first-order chi connectivity index (χ1) is 11.2. The van der Waals surface area contributed by atoms with E-state index in [1.165, 1.54) is 13.1 Å². The lowest BCUT2D eigenvalue weighted by Gasteiger charge is -2.10. The summed E-state index contributed by atoms with van der Waals surface area (Å²) in [6.07, 6.45) is 0.351. The van der Waals surface area contributed by atoms with Crippen LogP contribution in [0.2, 0.25) is 0 Å². The van der Waals surface area contributed by atoms with Gasteiger partial charge in [-0.15, -0.1) is 0 Å². The molecule has 0 heterocycles. The molecule has 0 radical (unpaired) electrons. The summed E-state index contributed by atoms with van der Waals surface area (Å²) in [4.78, 5) is 30.1. The van der Waals surface area contributed by atoms with Crippen LogP contribution in [0.4, 0.5) is 17.1 Å². The van der Waals surface area contributed by atoms with E-state index in [2.05, 4.69) is 10.5 Å². The summed E-state index contributed by atoms with van der Waals surface area (Å²) in [6, 6.07) is 1.89. The van der Waals surface area contributed by atoms with Crippen molar-refractivity contribution in [2.75, 3.05) is 5.43 Å². The standard InChI is InChI=1S/C12H15N5O7/c1-8(18)11(16(21)22)3-2-6-13-14-10-5-4-9(15(19)20)7-12(10)17(23)24/h4-8,11,14,18H,2-3H2,1H3/b13-6+. The highest BCUT2D eigenvalue weighted by Crippen LogP contribution is 2.28. The van der Waals surface area contributed by atoms with Crippen molar-refractivity contribution >= 4 is 23.3 Å². The molecule has 0 bridgehead atoms. The van der Waals surface area contributed by atoms with Crippen molar-refractivity contribution in [3.05, 3.63) is 48.5 Å². The van der Waals surface area contributed by atoms with Crippen LogP contribution in [0.15, 0.2) is 23.3 Å². The molecule has 2 N–H and O–H groups in total. The van der Waals surface area contributed by atoms with Crippen molar-refractivity contribution in [2.24, 2.45) is 5.10 Å². The van der Waals surface area contributed by atoms with Gasteiger partial charge in [0.25, 0.3) is 5.69 Å². The Morgan fingerprint density at radius 3 is 2.42 bits per heavy atom. The number of non-ortho nitro benzene ring substituents is 1. The van der Waals surface area contributed by atoms with Crippen LogP contribution in [0.5, 0.6) is 0 Å². The van der Waals surface area contributed by atoms with Gasteiger partial charge >= 0.3 is 5.69 Å². The number of hydrogen-bond acceptors (Lipinski definition) is 9. The van der Waals surface area contributed by atoms with Crippen molar-refractivity contribution in [3.63, 3.8) is 0 Å². The van der Waals surface area contributed by atoms with Crippen LogP contribution in [0.1, 0.15) is 19.8 Å². The summed E-state index contributed by atoms with van der Waals surface area (Å²) in [5.41, 5.74) is 1.36. The molecule has 1 aromatic rings. The minimum Gasteiger partial charge on any atom is -0.386 e. The Balaban J connectivity index is 2.71. The summed E-state index contributed by atoms with van der Waals surface area (Å²) >= 11 is 0. The number of nitro benzene ring substituents is 2. The van der Waals surface area contributed by atoms with Crippen molar-refractivity contribution in [1.29, 1.82) is 0 Å². The molecule has 0 spiro atoms. The smallest absolute Gasteiger partial charge is 0.301 e. The van der Waals surface area contributed by atoms with Crippen LogP contribution in [-0.4, -0.2) is 38.2 Å². The number of nitrogens with one attached hydrogen (secondary N) is 1. The largest absolute Gasteiger partial charge is 0.386 e. The van der Waals surface area contributed by atoms with Crippen LogP contribution >= 0.6 is 0 Å². The number of anilines is 1. The summed E-state index contributed by atoms with van der Waals surface area (Å²) in [5, 5.41) is 45.2. The van der Waals surface area contributed by atoms with E-state index in [1.807, 2.05) is 0 Å². The van der Waals surface area contributed by atoms with E-state index in [9.17, 15) is 35.4 Å². The van der Waals surface area contributed by atoms with E-state index >= 15 is 0 Å². The fourth-order valence-corrected chi connectivity index (χ4v) is 1.83. The normalized spacial score (nSPS) is 13.4. The molecule has 0 aromatic heterocycles. The molecule has 0 saturated carbocycles.